The number of nitrogens with zero attached hydrogens (tertiary/aromatic N) is 1. The Labute approximate surface area is 100 Å². The SMILES string of the molecule is O=C(CCC1CCCC1)Nc1ccc(F)nc1. The number of pyridine rings is 1. The van der Waals surface area contributed by atoms with E-state index in [1.165, 1.54) is 44.0 Å². The Kier molecular flexibility index (Phi) is 4.07. The van der Waals surface area contributed by atoms with E-state index in [2.05, 4.69) is 10.3 Å². The number of hydrogen-bond acceptors (Lipinski definition) is 2. The minimum absolute atomic E-state index is 0.00897. The monoisotopic (exact) mass is 236 g/mol. The summed E-state index contributed by atoms with van der Waals surface area (Å²) in [4.78, 5) is 15.1. The van der Waals surface area contributed by atoms with Crippen molar-refractivity contribution in [3.63, 3.8) is 0 Å². The molecule has 0 atom stereocenters. The fourth-order valence-corrected chi connectivity index (χ4v) is 2.31. The Bertz CT molecular complexity index is 372. The minimum Gasteiger partial charge on any atom is -0.325 e. The third-order valence-electron chi connectivity index (χ3n) is 3.27. The summed E-state index contributed by atoms with van der Waals surface area (Å²) in [7, 11) is 0. The summed E-state index contributed by atoms with van der Waals surface area (Å²) in [6.45, 7) is 0. The average molecular weight is 236 g/mol. The van der Waals surface area contributed by atoms with E-state index in [0.29, 0.717) is 18.0 Å². The van der Waals surface area contributed by atoms with Crippen LogP contribution in [0.5, 0.6) is 0 Å². The van der Waals surface area contributed by atoms with Gasteiger partial charge in [0.2, 0.25) is 11.9 Å². The summed E-state index contributed by atoms with van der Waals surface area (Å²) in [5.74, 6) is 0.173. The molecule has 1 saturated carbocycles. The van der Waals surface area contributed by atoms with Crippen molar-refractivity contribution in [2.45, 2.75) is 38.5 Å². The third-order valence-corrected chi connectivity index (χ3v) is 3.27. The molecule has 3 nitrogen and oxygen atoms in total. The highest BCUT2D eigenvalue weighted by atomic mass is 19.1. The average Bonchev–Trinajstić information content (AvgIpc) is 2.83. The van der Waals surface area contributed by atoms with Gasteiger partial charge in [0.25, 0.3) is 0 Å². The second-order valence-corrected chi connectivity index (χ2v) is 4.61. The summed E-state index contributed by atoms with van der Waals surface area (Å²) >= 11 is 0. The summed E-state index contributed by atoms with van der Waals surface area (Å²) in [6, 6.07) is 2.77. The molecule has 0 radical (unpaired) electrons. The molecule has 2 rings (SSSR count). The van der Waals surface area contributed by atoms with Gasteiger partial charge in [-0.3, -0.25) is 4.79 Å². The highest BCUT2D eigenvalue weighted by Crippen LogP contribution is 2.28. The zero-order valence-corrected chi connectivity index (χ0v) is 9.79. The summed E-state index contributed by atoms with van der Waals surface area (Å²) < 4.78 is 12.6. The third kappa shape index (κ3) is 3.80. The van der Waals surface area contributed by atoms with Crippen LogP contribution in [-0.2, 0) is 4.79 Å². The molecule has 17 heavy (non-hydrogen) atoms. The van der Waals surface area contributed by atoms with Crippen LogP contribution in [0.1, 0.15) is 38.5 Å². The van der Waals surface area contributed by atoms with Gasteiger partial charge in [0.15, 0.2) is 0 Å². The number of nitrogens with one attached hydrogen (secondary N) is 1. The summed E-state index contributed by atoms with van der Waals surface area (Å²) in [6.07, 6.45) is 7.95. The first-order valence-corrected chi connectivity index (χ1v) is 6.15. The van der Waals surface area contributed by atoms with E-state index >= 15 is 0 Å². The van der Waals surface area contributed by atoms with Gasteiger partial charge in [-0.05, 0) is 24.5 Å². The van der Waals surface area contributed by atoms with Gasteiger partial charge in [0, 0.05) is 6.42 Å². The number of anilines is 1. The highest BCUT2D eigenvalue weighted by molar-refractivity contribution is 5.90. The van der Waals surface area contributed by atoms with E-state index in [4.69, 9.17) is 0 Å². The van der Waals surface area contributed by atoms with Crippen molar-refractivity contribution < 1.29 is 9.18 Å². The lowest BCUT2D eigenvalue weighted by atomic mass is 10.0. The molecule has 0 unspecified atom stereocenters. The molecule has 1 amide bonds. The quantitative estimate of drug-likeness (QED) is 0.816. The maximum Gasteiger partial charge on any atom is 0.224 e. The van der Waals surface area contributed by atoms with Crippen LogP contribution in [0.2, 0.25) is 0 Å². The standard InChI is InChI=1S/C13H17FN2O/c14-12-7-6-11(9-15-12)16-13(17)8-5-10-3-1-2-4-10/h6-7,9-10H,1-5,8H2,(H,16,17). The van der Waals surface area contributed by atoms with Gasteiger partial charge in [-0.1, -0.05) is 25.7 Å². The molecular formula is C13H17FN2O. The van der Waals surface area contributed by atoms with Gasteiger partial charge in [-0.15, -0.1) is 0 Å². The van der Waals surface area contributed by atoms with Crippen molar-refractivity contribution in [3.05, 3.63) is 24.3 Å². The van der Waals surface area contributed by atoms with Crippen molar-refractivity contribution in [1.29, 1.82) is 0 Å². The van der Waals surface area contributed by atoms with E-state index in [1.54, 1.807) is 0 Å². The van der Waals surface area contributed by atoms with Gasteiger partial charge >= 0.3 is 0 Å². The van der Waals surface area contributed by atoms with Gasteiger partial charge in [-0.2, -0.15) is 4.39 Å². The number of hydrogen-bond donors (Lipinski definition) is 1. The number of aromatic nitrogens is 1. The number of carbonyl (C=O) groups is 1. The number of rotatable bonds is 4. The molecule has 4 heteroatoms. The molecule has 1 aromatic heterocycles. The predicted molar refractivity (Wildman–Crippen MR) is 64.0 cm³/mol. The van der Waals surface area contributed by atoms with Crippen LogP contribution in [0, 0.1) is 11.9 Å². The molecule has 1 aliphatic rings. The Morgan fingerprint density at radius 1 is 1.41 bits per heavy atom. The van der Waals surface area contributed by atoms with Crippen LogP contribution in [0.15, 0.2) is 18.3 Å². The minimum atomic E-state index is -0.533. The molecule has 1 heterocycles. The Balaban J connectivity index is 1.74. The van der Waals surface area contributed by atoms with Crippen LogP contribution < -0.4 is 5.32 Å². The van der Waals surface area contributed by atoms with Gasteiger partial charge in [0.05, 0.1) is 11.9 Å². The van der Waals surface area contributed by atoms with Crippen molar-refractivity contribution in [2.75, 3.05) is 5.32 Å². The number of carbonyl (C=O) groups excluding carboxylic acids is 1. The van der Waals surface area contributed by atoms with Crippen LogP contribution >= 0.6 is 0 Å². The van der Waals surface area contributed by atoms with Crippen LogP contribution in [0.25, 0.3) is 0 Å². The fraction of sp³-hybridized carbons (Fsp3) is 0.538. The Morgan fingerprint density at radius 2 is 2.18 bits per heavy atom. The van der Waals surface area contributed by atoms with E-state index in [9.17, 15) is 9.18 Å². The maximum atomic E-state index is 12.6. The van der Waals surface area contributed by atoms with E-state index in [-0.39, 0.29) is 5.91 Å². The van der Waals surface area contributed by atoms with Crippen molar-refractivity contribution in [2.24, 2.45) is 5.92 Å². The smallest absolute Gasteiger partial charge is 0.224 e. The highest BCUT2D eigenvalue weighted by Gasteiger charge is 2.16. The largest absolute Gasteiger partial charge is 0.325 e. The predicted octanol–water partition coefficient (Wildman–Crippen LogP) is 3.13. The fourth-order valence-electron chi connectivity index (χ4n) is 2.31. The lowest BCUT2D eigenvalue weighted by Crippen LogP contribution is -2.12. The second kappa shape index (κ2) is 5.75. The molecule has 0 aliphatic heterocycles. The first-order valence-electron chi connectivity index (χ1n) is 6.15. The molecular weight excluding hydrogens is 219 g/mol. The normalized spacial score (nSPS) is 16.1. The van der Waals surface area contributed by atoms with E-state index in [1.807, 2.05) is 0 Å². The number of halogens is 1. The van der Waals surface area contributed by atoms with Gasteiger partial charge in [0.1, 0.15) is 0 Å². The van der Waals surface area contributed by atoms with Crippen molar-refractivity contribution >= 4 is 11.6 Å². The van der Waals surface area contributed by atoms with E-state index < -0.39 is 5.95 Å². The summed E-state index contributed by atoms with van der Waals surface area (Å²) in [5, 5.41) is 2.72. The van der Waals surface area contributed by atoms with Crippen LogP contribution in [-0.4, -0.2) is 10.9 Å². The molecule has 0 spiro atoms. The number of amides is 1. The van der Waals surface area contributed by atoms with Gasteiger partial charge < -0.3 is 5.32 Å². The molecule has 1 N–H and O–H groups in total. The lowest BCUT2D eigenvalue weighted by Gasteiger charge is -2.08. The first kappa shape index (κ1) is 12.0. The lowest BCUT2D eigenvalue weighted by molar-refractivity contribution is -0.116. The molecule has 0 saturated heterocycles. The molecule has 0 bridgehead atoms. The Morgan fingerprint density at radius 3 is 2.82 bits per heavy atom. The van der Waals surface area contributed by atoms with E-state index in [0.717, 1.165) is 6.42 Å². The maximum absolute atomic E-state index is 12.6. The zero-order chi connectivity index (χ0) is 12.1. The van der Waals surface area contributed by atoms with Gasteiger partial charge in [-0.25, -0.2) is 4.98 Å². The molecule has 1 aliphatic carbocycles. The molecule has 0 aromatic carbocycles. The first-order chi connectivity index (χ1) is 8.24. The Hall–Kier alpha value is -1.45. The van der Waals surface area contributed by atoms with Crippen molar-refractivity contribution in [1.82, 2.24) is 4.98 Å². The van der Waals surface area contributed by atoms with Crippen LogP contribution in [0.3, 0.4) is 0 Å². The zero-order valence-electron chi connectivity index (χ0n) is 9.79. The van der Waals surface area contributed by atoms with Crippen molar-refractivity contribution in [3.8, 4) is 0 Å². The molecule has 1 fully saturated rings. The van der Waals surface area contributed by atoms with Crippen LogP contribution in [0.4, 0.5) is 10.1 Å². The summed E-state index contributed by atoms with van der Waals surface area (Å²) in [5.41, 5.74) is 0.558. The molecule has 92 valence electrons. The second-order valence-electron chi connectivity index (χ2n) is 4.61. The molecule has 1 aromatic rings. The topological polar surface area (TPSA) is 42.0 Å².